The van der Waals surface area contributed by atoms with Crippen LogP contribution in [0.1, 0.15) is 32.7 Å². The van der Waals surface area contributed by atoms with Crippen molar-refractivity contribution in [3.8, 4) is 11.5 Å². The van der Waals surface area contributed by atoms with E-state index in [4.69, 9.17) is 9.47 Å². The van der Waals surface area contributed by atoms with Gasteiger partial charge in [0.25, 0.3) is 11.8 Å². The van der Waals surface area contributed by atoms with Gasteiger partial charge in [0.1, 0.15) is 11.5 Å². The smallest absolute Gasteiger partial charge is 0.254 e. The van der Waals surface area contributed by atoms with Gasteiger partial charge in [-0.3, -0.25) is 14.4 Å². The van der Waals surface area contributed by atoms with Gasteiger partial charge in [0.2, 0.25) is 5.91 Å². The molecule has 2 fully saturated rings. The number of nitrogens with zero attached hydrogens (tertiary/aromatic N) is 3. The van der Waals surface area contributed by atoms with Crippen molar-refractivity contribution in [2.24, 2.45) is 0 Å². The van der Waals surface area contributed by atoms with Crippen molar-refractivity contribution in [1.82, 2.24) is 15.1 Å². The monoisotopic (exact) mass is 585 g/mol. The number of rotatable bonds is 8. The number of amides is 3. The van der Waals surface area contributed by atoms with Crippen molar-refractivity contribution in [3.63, 3.8) is 0 Å². The Morgan fingerprint density at radius 1 is 0.744 bits per heavy atom. The molecule has 3 aromatic carbocycles. The van der Waals surface area contributed by atoms with Gasteiger partial charge < -0.3 is 34.8 Å². The lowest BCUT2D eigenvalue weighted by Gasteiger charge is -2.37. The fourth-order valence-electron chi connectivity index (χ4n) is 5.49. The summed E-state index contributed by atoms with van der Waals surface area (Å²) in [6, 6.07) is 20.1. The molecule has 3 amide bonds. The van der Waals surface area contributed by atoms with Crippen molar-refractivity contribution in [3.05, 3.63) is 83.4 Å². The van der Waals surface area contributed by atoms with Crippen LogP contribution in [-0.2, 0) is 11.2 Å². The SMILES string of the molecule is COc1ccc(CC(=O)Nc2cc(C(=O)N3CCCNCC3)ccc2N2CCN(C(=O)c3cccc(OC)c3)CC2)cc1. The summed E-state index contributed by atoms with van der Waals surface area (Å²) in [5.74, 6) is 1.10. The lowest BCUT2D eigenvalue weighted by atomic mass is 10.1. The molecule has 0 spiro atoms. The highest BCUT2D eigenvalue weighted by atomic mass is 16.5. The van der Waals surface area contributed by atoms with Gasteiger partial charge in [0.15, 0.2) is 0 Å². The first-order valence-electron chi connectivity index (χ1n) is 14.7. The third kappa shape index (κ3) is 7.45. The van der Waals surface area contributed by atoms with Crippen LogP contribution >= 0.6 is 0 Å². The normalized spacial score (nSPS) is 15.4. The van der Waals surface area contributed by atoms with Crippen LogP contribution in [0.3, 0.4) is 0 Å². The lowest BCUT2D eigenvalue weighted by molar-refractivity contribution is -0.115. The Kier molecular flexibility index (Phi) is 9.78. The second-order valence-corrected chi connectivity index (χ2v) is 10.7. The molecule has 10 nitrogen and oxygen atoms in total. The molecule has 5 rings (SSSR count). The summed E-state index contributed by atoms with van der Waals surface area (Å²) in [7, 11) is 3.19. The van der Waals surface area contributed by atoms with Gasteiger partial charge in [0, 0.05) is 56.9 Å². The number of anilines is 2. The largest absolute Gasteiger partial charge is 0.497 e. The summed E-state index contributed by atoms with van der Waals surface area (Å²) in [6.07, 6.45) is 1.08. The Hall–Kier alpha value is -4.57. The number of methoxy groups -OCH3 is 2. The number of ether oxygens (including phenoxy) is 2. The number of hydrogen-bond acceptors (Lipinski definition) is 7. The molecule has 0 radical (unpaired) electrons. The Labute approximate surface area is 252 Å². The first-order valence-corrected chi connectivity index (χ1v) is 14.7. The molecule has 2 aliphatic rings. The van der Waals surface area contributed by atoms with E-state index in [0.717, 1.165) is 36.5 Å². The highest BCUT2D eigenvalue weighted by molar-refractivity contribution is 6.00. The molecule has 226 valence electrons. The summed E-state index contributed by atoms with van der Waals surface area (Å²) in [4.78, 5) is 45.7. The maximum atomic E-state index is 13.4. The van der Waals surface area contributed by atoms with Gasteiger partial charge >= 0.3 is 0 Å². The number of benzene rings is 3. The molecule has 2 N–H and O–H groups in total. The Balaban J connectivity index is 1.33. The predicted molar refractivity (Wildman–Crippen MR) is 166 cm³/mol. The van der Waals surface area contributed by atoms with Crippen LogP contribution in [0.2, 0.25) is 0 Å². The maximum absolute atomic E-state index is 13.4. The van der Waals surface area contributed by atoms with E-state index in [9.17, 15) is 14.4 Å². The molecule has 2 aliphatic heterocycles. The molecule has 10 heteroatoms. The van der Waals surface area contributed by atoms with Crippen molar-refractivity contribution >= 4 is 29.1 Å². The second-order valence-electron chi connectivity index (χ2n) is 10.7. The van der Waals surface area contributed by atoms with Gasteiger partial charge in [-0.2, -0.15) is 0 Å². The third-order valence-corrected chi connectivity index (χ3v) is 7.89. The third-order valence-electron chi connectivity index (χ3n) is 7.89. The summed E-state index contributed by atoms with van der Waals surface area (Å²) in [5, 5.41) is 6.41. The number of piperazine rings is 1. The van der Waals surface area contributed by atoms with E-state index in [1.54, 1.807) is 32.4 Å². The van der Waals surface area contributed by atoms with E-state index >= 15 is 0 Å². The molecule has 0 atom stereocenters. The van der Waals surface area contributed by atoms with Crippen LogP contribution in [0.15, 0.2) is 66.7 Å². The van der Waals surface area contributed by atoms with Crippen molar-refractivity contribution in [2.45, 2.75) is 12.8 Å². The molecule has 0 saturated carbocycles. The van der Waals surface area contributed by atoms with Gasteiger partial charge in [-0.25, -0.2) is 0 Å². The Bertz CT molecular complexity index is 1430. The summed E-state index contributed by atoms with van der Waals surface area (Å²) in [5.41, 5.74) is 3.40. The molecule has 0 aliphatic carbocycles. The molecular formula is C33H39N5O5. The maximum Gasteiger partial charge on any atom is 0.254 e. The number of carbonyl (C=O) groups excluding carboxylic acids is 3. The number of hydrogen-bond donors (Lipinski definition) is 2. The fourth-order valence-corrected chi connectivity index (χ4v) is 5.49. The zero-order chi connectivity index (χ0) is 30.2. The summed E-state index contributed by atoms with van der Waals surface area (Å²) in [6.45, 7) is 5.20. The molecule has 0 aromatic heterocycles. The Morgan fingerprint density at radius 2 is 1.44 bits per heavy atom. The minimum Gasteiger partial charge on any atom is -0.497 e. The molecular weight excluding hydrogens is 546 g/mol. The van der Waals surface area contributed by atoms with E-state index in [2.05, 4.69) is 15.5 Å². The van der Waals surface area contributed by atoms with E-state index in [1.165, 1.54) is 0 Å². The van der Waals surface area contributed by atoms with Crippen molar-refractivity contribution in [2.75, 3.05) is 76.8 Å². The van der Waals surface area contributed by atoms with Gasteiger partial charge in [-0.1, -0.05) is 18.2 Å². The molecule has 2 heterocycles. The quantitative estimate of drug-likeness (QED) is 0.418. The van der Waals surface area contributed by atoms with Gasteiger partial charge in [-0.15, -0.1) is 0 Å². The van der Waals surface area contributed by atoms with E-state index in [1.807, 2.05) is 58.3 Å². The molecule has 43 heavy (non-hydrogen) atoms. The van der Waals surface area contributed by atoms with Crippen LogP contribution in [0.5, 0.6) is 11.5 Å². The number of carbonyl (C=O) groups is 3. The van der Waals surface area contributed by atoms with Crippen molar-refractivity contribution < 1.29 is 23.9 Å². The van der Waals surface area contributed by atoms with Crippen LogP contribution in [-0.4, -0.2) is 94.1 Å². The van der Waals surface area contributed by atoms with E-state index in [-0.39, 0.29) is 24.1 Å². The summed E-state index contributed by atoms with van der Waals surface area (Å²) < 4.78 is 10.5. The van der Waals surface area contributed by atoms with E-state index in [0.29, 0.717) is 61.8 Å². The Morgan fingerprint density at radius 3 is 2.16 bits per heavy atom. The van der Waals surface area contributed by atoms with Crippen LogP contribution < -0.4 is 25.0 Å². The summed E-state index contributed by atoms with van der Waals surface area (Å²) >= 11 is 0. The topological polar surface area (TPSA) is 103 Å². The number of nitrogens with one attached hydrogen (secondary N) is 2. The van der Waals surface area contributed by atoms with Gasteiger partial charge in [0.05, 0.1) is 32.0 Å². The van der Waals surface area contributed by atoms with Gasteiger partial charge in [-0.05, 0) is 67.1 Å². The van der Waals surface area contributed by atoms with Crippen LogP contribution in [0.4, 0.5) is 11.4 Å². The van der Waals surface area contributed by atoms with Crippen LogP contribution in [0, 0.1) is 0 Å². The average Bonchev–Trinajstić information content (AvgIpc) is 3.34. The first-order chi connectivity index (χ1) is 20.9. The standard InChI is InChI=1S/C33H39N5O5/c1-42-27-10-7-24(8-11-27)21-31(39)35-29-23-26(33(41)37-15-4-13-34-14-16-37)9-12-30(29)36-17-19-38(20-18-36)32(40)25-5-3-6-28(22-25)43-2/h3,5-12,22-23,34H,4,13-21H2,1-2H3,(H,35,39). The molecule has 2 saturated heterocycles. The molecule has 3 aromatic rings. The zero-order valence-electron chi connectivity index (χ0n) is 24.8. The first kappa shape index (κ1) is 29.9. The highest BCUT2D eigenvalue weighted by Crippen LogP contribution is 2.30. The second kappa shape index (κ2) is 14.1. The molecule has 0 unspecified atom stereocenters. The minimum absolute atomic E-state index is 0.0422. The fraction of sp³-hybridized carbons (Fsp3) is 0.364. The molecule has 0 bridgehead atoms. The lowest BCUT2D eigenvalue weighted by Crippen LogP contribution is -2.49. The van der Waals surface area contributed by atoms with E-state index < -0.39 is 0 Å². The zero-order valence-corrected chi connectivity index (χ0v) is 24.8. The predicted octanol–water partition coefficient (Wildman–Crippen LogP) is 3.28. The minimum atomic E-state index is -0.179. The van der Waals surface area contributed by atoms with Crippen LogP contribution in [0.25, 0.3) is 0 Å². The highest BCUT2D eigenvalue weighted by Gasteiger charge is 2.26. The van der Waals surface area contributed by atoms with Crippen molar-refractivity contribution in [1.29, 1.82) is 0 Å². The average molecular weight is 586 g/mol.